The maximum atomic E-state index is 12.3. The van der Waals surface area contributed by atoms with Crippen LogP contribution in [0.2, 0.25) is 0 Å². The van der Waals surface area contributed by atoms with Gasteiger partial charge >= 0.3 is 0 Å². The van der Waals surface area contributed by atoms with E-state index in [1.165, 1.54) is 18.5 Å². The number of hydrogen-bond acceptors (Lipinski definition) is 5. The van der Waals surface area contributed by atoms with Gasteiger partial charge in [0.15, 0.2) is 0 Å². The third-order valence-corrected chi connectivity index (χ3v) is 4.36. The lowest BCUT2D eigenvalue weighted by molar-refractivity contribution is 0.553. The van der Waals surface area contributed by atoms with Crippen LogP contribution in [-0.2, 0) is 17.1 Å². The molecule has 7 nitrogen and oxygen atoms in total. The van der Waals surface area contributed by atoms with Crippen LogP contribution in [0.5, 0.6) is 0 Å². The van der Waals surface area contributed by atoms with Crippen molar-refractivity contribution in [1.82, 2.24) is 19.5 Å². The quantitative estimate of drug-likeness (QED) is 0.894. The van der Waals surface area contributed by atoms with Gasteiger partial charge in [-0.2, -0.15) is 5.26 Å². The molecule has 1 aromatic heterocycles. The van der Waals surface area contributed by atoms with Gasteiger partial charge in [-0.25, -0.2) is 13.1 Å². The minimum atomic E-state index is -3.80. The van der Waals surface area contributed by atoms with Gasteiger partial charge in [0, 0.05) is 7.05 Å². The number of rotatable bonds is 4. The Morgan fingerprint density at radius 1 is 1.40 bits per heavy atom. The molecule has 0 aliphatic heterocycles. The summed E-state index contributed by atoms with van der Waals surface area (Å²) in [6.07, 6.45) is 1.49. The summed E-state index contributed by atoms with van der Waals surface area (Å²) in [7, 11) is -2.07. The van der Waals surface area contributed by atoms with Crippen molar-refractivity contribution in [2.75, 3.05) is 0 Å². The highest BCUT2D eigenvalue weighted by molar-refractivity contribution is 7.89. The Bertz CT molecular complexity index is 760. The summed E-state index contributed by atoms with van der Waals surface area (Å²) in [4.78, 5) is -0.0449. The molecule has 0 saturated heterocycles. The van der Waals surface area contributed by atoms with E-state index >= 15 is 0 Å². The highest BCUT2D eigenvalue weighted by Crippen LogP contribution is 2.17. The lowest BCUT2D eigenvalue weighted by Gasteiger charge is -2.14. The van der Waals surface area contributed by atoms with Crippen LogP contribution < -0.4 is 4.72 Å². The van der Waals surface area contributed by atoms with E-state index in [2.05, 4.69) is 14.9 Å². The molecule has 2 rings (SSSR count). The molecule has 2 aromatic rings. The van der Waals surface area contributed by atoms with Crippen LogP contribution in [0.3, 0.4) is 0 Å². The molecule has 0 bridgehead atoms. The molecular weight excluding hydrogens is 278 g/mol. The molecule has 1 aromatic carbocycles. The van der Waals surface area contributed by atoms with Crippen LogP contribution in [-0.4, -0.2) is 23.2 Å². The fourth-order valence-electron chi connectivity index (χ4n) is 1.83. The van der Waals surface area contributed by atoms with Crippen molar-refractivity contribution >= 4 is 10.0 Å². The Hall–Kier alpha value is -2.24. The molecular formula is C12H13N5O2S. The summed E-state index contributed by atoms with van der Waals surface area (Å²) in [6.45, 7) is 1.66. The molecule has 0 radical (unpaired) electrons. The number of nitrogens with one attached hydrogen (secondary N) is 1. The number of nitrogens with zero attached hydrogens (tertiary/aromatic N) is 4. The summed E-state index contributed by atoms with van der Waals surface area (Å²) >= 11 is 0. The molecule has 0 aliphatic rings. The molecule has 1 unspecified atom stereocenters. The Kier molecular flexibility index (Phi) is 3.83. The second-order valence-electron chi connectivity index (χ2n) is 4.25. The lowest BCUT2D eigenvalue weighted by atomic mass is 10.2. The topological polar surface area (TPSA) is 101 Å². The number of sulfonamides is 1. The monoisotopic (exact) mass is 291 g/mol. The van der Waals surface area contributed by atoms with Crippen molar-refractivity contribution in [1.29, 1.82) is 5.26 Å². The Morgan fingerprint density at radius 3 is 2.70 bits per heavy atom. The minimum absolute atomic E-state index is 0.0449. The molecule has 0 aliphatic carbocycles. The van der Waals surface area contributed by atoms with Crippen molar-refractivity contribution in [3.63, 3.8) is 0 Å². The summed E-state index contributed by atoms with van der Waals surface area (Å²) in [5, 5.41) is 16.5. The molecule has 1 atom stereocenters. The van der Waals surface area contributed by atoms with Gasteiger partial charge in [-0.3, -0.25) is 0 Å². The fraction of sp³-hybridized carbons (Fsp3) is 0.250. The Morgan fingerprint density at radius 2 is 2.10 bits per heavy atom. The van der Waals surface area contributed by atoms with E-state index in [-0.39, 0.29) is 10.5 Å². The number of aromatic nitrogens is 3. The summed E-state index contributed by atoms with van der Waals surface area (Å²) in [5.41, 5.74) is 0.102. The van der Waals surface area contributed by atoms with Gasteiger partial charge in [0.25, 0.3) is 0 Å². The van der Waals surface area contributed by atoms with E-state index < -0.39 is 16.1 Å². The molecule has 1 N–H and O–H groups in total. The van der Waals surface area contributed by atoms with E-state index in [1.807, 2.05) is 6.07 Å². The van der Waals surface area contributed by atoms with Crippen LogP contribution in [0.4, 0.5) is 0 Å². The third kappa shape index (κ3) is 2.68. The van der Waals surface area contributed by atoms with Crippen molar-refractivity contribution < 1.29 is 8.42 Å². The Balaban J connectivity index is 2.33. The van der Waals surface area contributed by atoms with Gasteiger partial charge in [-0.05, 0) is 19.1 Å². The zero-order valence-corrected chi connectivity index (χ0v) is 11.8. The minimum Gasteiger partial charge on any atom is -0.319 e. The van der Waals surface area contributed by atoms with Crippen molar-refractivity contribution in [3.8, 4) is 6.07 Å². The highest BCUT2D eigenvalue weighted by atomic mass is 32.2. The van der Waals surface area contributed by atoms with Gasteiger partial charge in [0.2, 0.25) is 10.0 Å². The molecule has 104 valence electrons. The van der Waals surface area contributed by atoms with Crippen LogP contribution in [0.1, 0.15) is 24.4 Å². The predicted octanol–water partition coefficient (Wildman–Crippen LogP) is 0.726. The van der Waals surface area contributed by atoms with Crippen molar-refractivity contribution in [3.05, 3.63) is 42.0 Å². The summed E-state index contributed by atoms with van der Waals surface area (Å²) in [6, 6.07) is 7.35. The number of benzene rings is 1. The molecule has 0 spiro atoms. The van der Waals surface area contributed by atoms with Gasteiger partial charge in [0.1, 0.15) is 18.2 Å². The van der Waals surface area contributed by atoms with Gasteiger partial charge < -0.3 is 4.57 Å². The third-order valence-electron chi connectivity index (χ3n) is 2.76. The van der Waals surface area contributed by atoms with Crippen molar-refractivity contribution in [2.24, 2.45) is 7.05 Å². The SMILES string of the molecule is CC(NS(=O)(=O)c1ccccc1C#N)c1nncn1C. The maximum absolute atomic E-state index is 12.3. The molecule has 1 heterocycles. The van der Waals surface area contributed by atoms with Crippen molar-refractivity contribution in [2.45, 2.75) is 17.9 Å². The smallest absolute Gasteiger partial charge is 0.242 e. The maximum Gasteiger partial charge on any atom is 0.242 e. The largest absolute Gasteiger partial charge is 0.319 e. The standard InChI is InChI=1S/C12H13N5O2S/c1-9(12-15-14-8-17(12)2)16-20(18,19)11-6-4-3-5-10(11)7-13/h3-6,8-9,16H,1-2H3. The molecule has 0 fully saturated rings. The van der Waals surface area contributed by atoms with Gasteiger partial charge in [-0.1, -0.05) is 12.1 Å². The number of aryl methyl sites for hydroxylation is 1. The molecule has 8 heteroatoms. The van der Waals surface area contributed by atoms with E-state index in [0.717, 1.165) is 0 Å². The van der Waals surface area contributed by atoms with Crippen LogP contribution in [0, 0.1) is 11.3 Å². The first-order valence-electron chi connectivity index (χ1n) is 5.81. The summed E-state index contributed by atoms with van der Waals surface area (Å²) < 4.78 is 28.7. The fourth-order valence-corrected chi connectivity index (χ4v) is 3.19. The van der Waals surface area contributed by atoms with Gasteiger partial charge in [-0.15, -0.1) is 10.2 Å². The van der Waals surface area contributed by atoms with Crippen LogP contribution in [0.25, 0.3) is 0 Å². The number of nitriles is 1. The second kappa shape index (κ2) is 5.40. The lowest BCUT2D eigenvalue weighted by Crippen LogP contribution is -2.29. The molecule has 20 heavy (non-hydrogen) atoms. The van der Waals surface area contributed by atoms with Gasteiger partial charge in [0.05, 0.1) is 16.5 Å². The number of hydrogen-bond donors (Lipinski definition) is 1. The van der Waals surface area contributed by atoms with Crippen LogP contribution >= 0.6 is 0 Å². The first kappa shape index (κ1) is 14.2. The molecule has 0 saturated carbocycles. The first-order chi connectivity index (χ1) is 9.45. The van der Waals surface area contributed by atoms with Crippen LogP contribution in [0.15, 0.2) is 35.5 Å². The van der Waals surface area contributed by atoms with E-state index in [0.29, 0.717) is 5.82 Å². The Labute approximate surface area is 116 Å². The average molecular weight is 291 g/mol. The zero-order valence-electron chi connectivity index (χ0n) is 11.0. The zero-order chi connectivity index (χ0) is 14.8. The highest BCUT2D eigenvalue weighted by Gasteiger charge is 2.23. The predicted molar refractivity (Wildman–Crippen MR) is 70.9 cm³/mol. The molecule has 0 amide bonds. The summed E-state index contributed by atoms with van der Waals surface area (Å²) in [5.74, 6) is 0.489. The van der Waals surface area contributed by atoms with E-state index in [9.17, 15) is 8.42 Å². The first-order valence-corrected chi connectivity index (χ1v) is 7.29. The van der Waals surface area contributed by atoms with E-state index in [4.69, 9.17) is 5.26 Å². The normalized spacial score (nSPS) is 12.8. The second-order valence-corrected chi connectivity index (χ2v) is 5.93. The van der Waals surface area contributed by atoms with E-state index in [1.54, 1.807) is 30.7 Å². The average Bonchev–Trinajstić information content (AvgIpc) is 2.84.